The average Bonchev–Trinajstić information content (AvgIpc) is 2.94. The molecule has 24 heavy (non-hydrogen) atoms. The van der Waals surface area contributed by atoms with E-state index in [-0.39, 0.29) is 0 Å². The summed E-state index contributed by atoms with van der Waals surface area (Å²) in [5, 5.41) is 2.17. The van der Waals surface area contributed by atoms with Gasteiger partial charge in [-0.05, 0) is 37.6 Å². The van der Waals surface area contributed by atoms with E-state index in [1.807, 2.05) is 24.3 Å². The third-order valence-corrected chi connectivity index (χ3v) is 4.62. The zero-order chi connectivity index (χ0) is 16.8. The van der Waals surface area contributed by atoms with Gasteiger partial charge >= 0.3 is 0 Å². The molecular formula is C21H17N2O+. The molecule has 0 N–H and O–H groups in total. The van der Waals surface area contributed by atoms with Crippen molar-refractivity contribution in [1.29, 1.82) is 0 Å². The summed E-state index contributed by atoms with van der Waals surface area (Å²) in [5.41, 5.74) is 7.00. The van der Waals surface area contributed by atoms with Crippen LogP contribution in [0.3, 0.4) is 0 Å². The number of furan rings is 1. The molecule has 0 aliphatic carbocycles. The highest BCUT2D eigenvalue weighted by Gasteiger charge is 2.20. The van der Waals surface area contributed by atoms with Crippen LogP contribution in [0.5, 0.6) is 0 Å². The van der Waals surface area contributed by atoms with Crippen LogP contribution in [0.2, 0.25) is 0 Å². The van der Waals surface area contributed by atoms with E-state index in [1.54, 1.807) is 0 Å². The first-order valence-electron chi connectivity index (χ1n) is 7.89. The van der Waals surface area contributed by atoms with Crippen molar-refractivity contribution in [1.82, 2.24) is 0 Å². The Hall–Kier alpha value is -3.12. The molecule has 2 aromatic carbocycles. The summed E-state index contributed by atoms with van der Waals surface area (Å²) in [6.07, 6.45) is 2.05. The Morgan fingerprint density at radius 3 is 2.62 bits per heavy atom. The van der Waals surface area contributed by atoms with E-state index in [0.29, 0.717) is 5.69 Å². The van der Waals surface area contributed by atoms with Crippen LogP contribution < -0.4 is 4.57 Å². The largest absolute Gasteiger partial charge is 0.457 e. The number of nitrogens with zero attached hydrogens (tertiary/aromatic N) is 2. The fourth-order valence-corrected chi connectivity index (χ4v) is 3.47. The van der Waals surface area contributed by atoms with Crippen molar-refractivity contribution in [3.63, 3.8) is 0 Å². The summed E-state index contributed by atoms with van der Waals surface area (Å²) in [6, 6.07) is 14.0. The SMILES string of the molecule is [C-]#[N+]c1ccc2c(c1)oc1c(C)c(-c3cccc[n+]3C)c(C)cc12. The van der Waals surface area contributed by atoms with Gasteiger partial charge < -0.3 is 4.42 Å². The highest BCUT2D eigenvalue weighted by Crippen LogP contribution is 2.38. The lowest BCUT2D eigenvalue weighted by atomic mass is 9.96. The van der Waals surface area contributed by atoms with E-state index in [4.69, 9.17) is 11.0 Å². The van der Waals surface area contributed by atoms with Gasteiger partial charge in [0.2, 0.25) is 5.69 Å². The first kappa shape index (κ1) is 14.5. The molecule has 0 radical (unpaired) electrons. The van der Waals surface area contributed by atoms with E-state index in [1.165, 1.54) is 11.1 Å². The molecule has 2 heterocycles. The Labute approximate surface area is 140 Å². The van der Waals surface area contributed by atoms with Crippen molar-refractivity contribution >= 4 is 27.6 Å². The van der Waals surface area contributed by atoms with Gasteiger partial charge in [-0.1, -0.05) is 12.1 Å². The molecule has 4 aromatic rings. The quantitative estimate of drug-likeness (QED) is 0.347. The van der Waals surface area contributed by atoms with Crippen molar-refractivity contribution in [2.75, 3.05) is 0 Å². The van der Waals surface area contributed by atoms with Gasteiger partial charge in [0.05, 0.1) is 12.1 Å². The predicted octanol–water partition coefficient (Wildman–Crippen LogP) is 5.25. The van der Waals surface area contributed by atoms with Crippen LogP contribution in [-0.4, -0.2) is 0 Å². The standard InChI is InChI=1S/C21H17N2O/c1-13-11-17-16-9-8-15(22-3)12-19(16)24-21(17)14(2)20(13)18-7-5-6-10-23(18)4/h5-12H,1-2,4H3/q+1. The monoisotopic (exact) mass is 313 g/mol. The second-order valence-electron chi connectivity index (χ2n) is 6.16. The van der Waals surface area contributed by atoms with Crippen molar-refractivity contribution in [2.45, 2.75) is 13.8 Å². The number of rotatable bonds is 1. The second-order valence-corrected chi connectivity index (χ2v) is 6.16. The number of aryl methyl sites for hydroxylation is 3. The molecule has 2 aromatic heterocycles. The van der Waals surface area contributed by atoms with Gasteiger partial charge in [-0.15, -0.1) is 0 Å². The Morgan fingerprint density at radius 1 is 1.04 bits per heavy atom. The molecule has 4 rings (SSSR count). The number of hydrogen-bond acceptors (Lipinski definition) is 1. The first-order valence-corrected chi connectivity index (χ1v) is 7.89. The number of pyridine rings is 1. The Morgan fingerprint density at radius 2 is 1.88 bits per heavy atom. The van der Waals surface area contributed by atoms with Crippen LogP contribution in [0.15, 0.2) is 53.1 Å². The Kier molecular flexibility index (Phi) is 3.14. The molecule has 0 bridgehead atoms. The summed E-state index contributed by atoms with van der Waals surface area (Å²) in [6.45, 7) is 11.4. The molecule has 116 valence electrons. The zero-order valence-electron chi connectivity index (χ0n) is 13.9. The summed E-state index contributed by atoms with van der Waals surface area (Å²) in [5.74, 6) is 0. The maximum atomic E-state index is 7.18. The maximum absolute atomic E-state index is 7.18. The molecule has 3 nitrogen and oxygen atoms in total. The van der Waals surface area contributed by atoms with Crippen LogP contribution in [0.25, 0.3) is 38.0 Å². The van der Waals surface area contributed by atoms with Gasteiger partial charge in [0.1, 0.15) is 18.2 Å². The minimum absolute atomic E-state index is 0.602. The minimum atomic E-state index is 0.602. The lowest BCUT2D eigenvalue weighted by Gasteiger charge is -2.08. The van der Waals surface area contributed by atoms with E-state index < -0.39 is 0 Å². The van der Waals surface area contributed by atoms with E-state index in [9.17, 15) is 0 Å². The third-order valence-electron chi connectivity index (χ3n) is 4.62. The molecular weight excluding hydrogens is 296 g/mol. The summed E-state index contributed by atoms with van der Waals surface area (Å²) >= 11 is 0. The lowest BCUT2D eigenvalue weighted by Crippen LogP contribution is -2.30. The molecule has 0 saturated carbocycles. The molecule has 0 unspecified atom stereocenters. The fourth-order valence-electron chi connectivity index (χ4n) is 3.47. The minimum Gasteiger partial charge on any atom is -0.457 e. The molecule has 0 aliphatic heterocycles. The van der Waals surface area contributed by atoms with E-state index in [2.05, 4.69) is 54.7 Å². The fraction of sp³-hybridized carbons (Fsp3) is 0.143. The van der Waals surface area contributed by atoms with Gasteiger partial charge in [0.15, 0.2) is 11.9 Å². The van der Waals surface area contributed by atoms with Gasteiger partial charge in [-0.2, -0.15) is 0 Å². The lowest BCUT2D eigenvalue weighted by molar-refractivity contribution is -0.660. The number of aromatic nitrogens is 1. The second kappa shape index (κ2) is 5.21. The smallest absolute Gasteiger partial charge is 0.212 e. The number of benzene rings is 2. The highest BCUT2D eigenvalue weighted by molar-refractivity contribution is 6.08. The van der Waals surface area contributed by atoms with Crippen LogP contribution in [0.4, 0.5) is 5.69 Å². The molecule has 0 atom stereocenters. The summed E-state index contributed by atoms with van der Waals surface area (Å²) in [4.78, 5) is 3.49. The zero-order valence-corrected chi connectivity index (χ0v) is 13.9. The Bertz CT molecular complexity index is 1150. The van der Waals surface area contributed by atoms with Gasteiger partial charge in [-0.25, -0.2) is 9.41 Å². The van der Waals surface area contributed by atoms with Crippen molar-refractivity contribution in [3.05, 3.63) is 71.2 Å². The molecule has 3 heteroatoms. The third kappa shape index (κ3) is 2.00. The topological polar surface area (TPSA) is 21.4 Å². The average molecular weight is 313 g/mol. The first-order chi connectivity index (χ1) is 11.6. The van der Waals surface area contributed by atoms with E-state index >= 15 is 0 Å². The molecule has 0 amide bonds. The van der Waals surface area contributed by atoms with Crippen molar-refractivity contribution in [3.8, 4) is 11.3 Å². The van der Waals surface area contributed by atoms with Gasteiger partial charge in [0.25, 0.3) is 0 Å². The molecule has 0 spiro atoms. The summed E-state index contributed by atoms with van der Waals surface area (Å²) < 4.78 is 8.26. The van der Waals surface area contributed by atoms with Crippen molar-refractivity contribution < 1.29 is 8.98 Å². The van der Waals surface area contributed by atoms with Crippen molar-refractivity contribution in [2.24, 2.45) is 7.05 Å². The van der Waals surface area contributed by atoms with Gasteiger partial charge in [0, 0.05) is 28.5 Å². The van der Waals surface area contributed by atoms with Crippen LogP contribution in [-0.2, 0) is 7.05 Å². The normalized spacial score (nSPS) is 11.1. The van der Waals surface area contributed by atoms with E-state index in [0.717, 1.165) is 33.2 Å². The van der Waals surface area contributed by atoms with Crippen LogP contribution in [0.1, 0.15) is 11.1 Å². The Balaban J connectivity index is 2.10. The van der Waals surface area contributed by atoms with Crippen LogP contribution in [0, 0.1) is 20.4 Å². The molecule has 0 saturated heterocycles. The molecule has 0 fully saturated rings. The summed E-state index contributed by atoms with van der Waals surface area (Å²) in [7, 11) is 2.05. The van der Waals surface area contributed by atoms with Crippen LogP contribution >= 0.6 is 0 Å². The number of hydrogen-bond donors (Lipinski definition) is 0. The van der Waals surface area contributed by atoms with Gasteiger partial charge in [-0.3, -0.25) is 0 Å². The predicted molar refractivity (Wildman–Crippen MR) is 96.1 cm³/mol. The maximum Gasteiger partial charge on any atom is 0.212 e. The molecule has 0 aliphatic rings. The number of fused-ring (bicyclic) bond motifs is 3. The highest BCUT2D eigenvalue weighted by atomic mass is 16.3.